The minimum atomic E-state index is -1.53. The Morgan fingerprint density at radius 3 is 2.23 bits per heavy atom. The molecule has 1 saturated heterocycles. The van der Waals surface area contributed by atoms with Gasteiger partial charge in [0.25, 0.3) is 0 Å². The fraction of sp³-hybridized carbons (Fsp3) is 0.150. The highest BCUT2D eigenvalue weighted by Crippen LogP contribution is 2.57. The lowest BCUT2D eigenvalue weighted by Gasteiger charge is -2.40. The quantitative estimate of drug-likeness (QED) is 0.480. The Balaban J connectivity index is 1.67. The van der Waals surface area contributed by atoms with E-state index in [4.69, 9.17) is 14.2 Å². The fourth-order valence-corrected chi connectivity index (χ4v) is 4.08. The van der Waals surface area contributed by atoms with Crippen molar-refractivity contribution in [1.82, 2.24) is 0 Å². The summed E-state index contributed by atoms with van der Waals surface area (Å²) >= 11 is 0. The Morgan fingerprint density at radius 1 is 0.885 bits per heavy atom. The first-order valence-electron chi connectivity index (χ1n) is 8.25. The predicted molar refractivity (Wildman–Crippen MR) is 89.6 cm³/mol. The van der Waals surface area contributed by atoms with E-state index in [1.165, 1.54) is 12.1 Å². The highest BCUT2D eigenvalue weighted by Gasteiger charge is 2.70. The Hall–Kier alpha value is -3.25. The summed E-state index contributed by atoms with van der Waals surface area (Å²) in [6.07, 6.45) is -1.46. The molecule has 0 unspecified atom stereocenters. The molecule has 2 heterocycles. The number of ether oxygens (including phenoxy) is 3. The van der Waals surface area contributed by atoms with Crippen molar-refractivity contribution in [1.29, 1.82) is 0 Å². The van der Waals surface area contributed by atoms with Crippen LogP contribution in [0.1, 0.15) is 15.9 Å². The van der Waals surface area contributed by atoms with Crippen molar-refractivity contribution in [2.45, 2.75) is 18.0 Å². The Morgan fingerprint density at radius 2 is 1.54 bits per heavy atom. The highest BCUT2D eigenvalue weighted by atomic mass is 16.8. The van der Waals surface area contributed by atoms with Crippen LogP contribution in [0.5, 0.6) is 23.0 Å². The maximum atomic E-state index is 12.6. The first kappa shape index (κ1) is 14.0. The van der Waals surface area contributed by atoms with Gasteiger partial charge >= 0.3 is 5.79 Å². The average molecular weight is 348 g/mol. The monoisotopic (exact) mass is 348 g/mol. The molecule has 1 spiro atoms. The number of phenols is 2. The number of Topliss-reactive ketones (excluding diaryl/α,β-unsaturated/α-hetero) is 1. The molecule has 6 rings (SSSR count). The molecular formula is C20H12O6. The lowest BCUT2D eigenvalue weighted by atomic mass is 9.83. The van der Waals surface area contributed by atoms with E-state index in [9.17, 15) is 15.0 Å². The van der Waals surface area contributed by atoms with E-state index in [1.807, 2.05) is 36.4 Å². The van der Waals surface area contributed by atoms with Gasteiger partial charge in [0, 0.05) is 0 Å². The number of carbonyl (C=O) groups excluding carboxylic acids is 1. The van der Waals surface area contributed by atoms with Crippen molar-refractivity contribution in [3.63, 3.8) is 0 Å². The molecule has 26 heavy (non-hydrogen) atoms. The summed E-state index contributed by atoms with van der Waals surface area (Å²) in [6.45, 7) is 0. The van der Waals surface area contributed by atoms with E-state index >= 15 is 0 Å². The molecule has 3 aliphatic rings. The minimum absolute atomic E-state index is 0.0182. The van der Waals surface area contributed by atoms with Crippen molar-refractivity contribution >= 4 is 16.6 Å². The van der Waals surface area contributed by atoms with Crippen LogP contribution in [0.25, 0.3) is 10.8 Å². The summed E-state index contributed by atoms with van der Waals surface area (Å²) in [4.78, 5) is 12.6. The number of benzene rings is 3. The van der Waals surface area contributed by atoms with Gasteiger partial charge in [0.1, 0.15) is 23.0 Å². The van der Waals surface area contributed by atoms with E-state index < -0.39 is 18.0 Å². The van der Waals surface area contributed by atoms with E-state index in [-0.39, 0.29) is 28.4 Å². The second-order valence-corrected chi connectivity index (χ2v) is 6.68. The summed E-state index contributed by atoms with van der Waals surface area (Å²) in [5, 5.41) is 22.5. The molecule has 3 aromatic carbocycles. The molecular weight excluding hydrogens is 336 g/mol. The largest absolute Gasteiger partial charge is 0.507 e. The molecule has 2 aliphatic heterocycles. The van der Waals surface area contributed by atoms with E-state index in [2.05, 4.69) is 0 Å². The third-order valence-corrected chi connectivity index (χ3v) is 5.23. The van der Waals surface area contributed by atoms with E-state index in [0.717, 1.165) is 10.8 Å². The molecule has 2 N–H and O–H groups in total. The number of epoxide rings is 1. The van der Waals surface area contributed by atoms with E-state index in [0.29, 0.717) is 11.5 Å². The van der Waals surface area contributed by atoms with Gasteiger partial charge in [-0.25, -0.2) is 0 Å². The lowest BCUT2D eigenvalue weighted by Crippen LogP contribution is -2.51. The number of phenolic OH excluding ortho intramolecular Hbond substituents is 2. The summed E-state index contributed by atoms with van der Waals surface area (Å²) in [5.41, 5.74) is 0.0862. The zero-order chi connectivity index (χ0) is 17.6. The summed E-state index contributed by atoms with van der Waals surface area (Å²) in [6, 6.07) is 13.8. The van der Waals surface area contributed by atoms with Gasteiger partial charge in [0.2, 0.25) is 0 Å². The van der Waals surface area contributed by atoms with Crippen LogP contribution in [0.3, 0.4) is 0 Å². The normalized spacial score (nSPS) is 23.8. The maximum Gasteiger partial charge on any atom is 0.312 e. The standard InChI is InChI=1S/C20H12O6/c21-10-7-8-11(22)16-15(10)17(23)18-19(24-18)20(16)25-12-5-1-3-9-4-2-6-13(26-20)14(9)12/h1-8,18-19,21-22H/t18-,19-/m0/s1. The van der Waals surface area contributed by atoms with Crippen LogP contribution in [0.15, 0.2) is 48.5 Å². The van der Waals surface area contributed by atoms with Gasteiger partial charge in [-0.1, -0.05) is 24.3 Å². The van der Waals surface area contributed by atoms with Gasteiger partial charge in [-0.05, 0) is 29.7 Å². The third kappa shape index (κ3) is 1.49. The molecule has 0 amide bonds. The van der Waals surface area contributed by atoms with Crippen molar-refractivity contribution in [2.75, 3.05) is 0 Å². The number of ketones is 1. The fourth-order valence-electron chi connectivity index (χ4n) is 4.08. The summed E-state index contributed by atoms with van der Waals surface area (Å²) < 4.78 is 18.0. The van der Waals surface area contributed by atoms with Gasteiger partial charge in [-0.15, -0.1) is 0 Å². The zero-order valence-corrected chi connectivity index (χ0v) is 13.3. The molecule has 1 aliphatic carbocycles. The number of carbonyl (C=O) groups is 1. The molecule has 0 aromatic heterocycles. The Labute approximate surface area is 147 Å². The Kier molecular flexibility index (Phi) is 2.30. The number of rotatable bonds is 0. The van der Waals surface area contributed by atoms with Crippen LogP contribution < -0.4 is 9.47 Å². The van der Waals surface area contributed by atoms with Gasteiger partial charge in [-0.3, -0.25) is 4.79 Å². The van der Waals surface area contributed by atoms with Crippen molar-refractivity contribution in [3.05, 3.63) is 59.7 Å². The maximum absolute atomic E-state index is 12.6. The van der Waals surface area contributed by atoms with Crippen LogP contribution in [0, 0.1) is 0 Å². The Bertz CT molecular complexity index is 1090. The summed E-state index contributed by atoms with van der Waals surface area (Å²) in [7, 11) is 0. The zero-order valence-electron chi connectivity index (χ0n) is 13.3. The predicted octanol–water partition coefficient (Wildman–Crippen LogP) is 2.84. The molecule has 0 radical (unpaired) electrons. The SMILES string of the molecule is O=C1c2c(O)ccc(O)c2C2(Oc3cccc4cccc(c34)O2)[C@H]2O[C@@H]12. The van der Waals surface area contributed by atoms with Gasteiger partial charge in [0.15, 0.2) is 18.0 Å². The molecule has 128 valence electrons. The third-order valence-electron chi connectivity index (χ3n) is 5.23. The van der Waals surface area contributed by atoms with Crippen LogP contribution in [-0.2, 0) is 10.5 Å². The average Bonchev–Trinajstić information content (AvgIpc) is 3.44. The highest BCUT2D eigenvalue weighted by molar-refractivity contribution is 6.07. The summed E-state index contributed by atoms with van der Waals surface area (Å²) in [5.74, 6) is -1.19. The molecule has 3 aromatic rings. The number of aromatic hydroxyl groups is 2. The number of hydrogen-bond acceptors (Lipinski definition) is 6. The first-order valence-corrected chi connectivity index (χ1v) is 8.25. The first-order chi connectivity index (χ1) is 12.6. The van der Waals surface area contributed by atoms with Crippen molar-refractivity contribution in [3.8, 4) is 23.0 Å². The topological polar surface area (TPSA) is 88.5 Å². The van der Waals surface area contributed by atoms with Crippen LogP contribution in [-0.4, -0.2) is 28.2 Å². The number of fused-ring (bicyclic) bond motifs is 4. The molecule has 6 nitrogen and oxygen atoms in total. The van der Waals surface area contributed by atoms with Crippen molar-refractivity contribution < 1.29 is 29.2 Å². The molecule has 1 fully saturated rings. The molecule has 6 heteroatoms. The molecule has 0 bridgehead atoms. The molecule has 2 atom stereocenters. The van der Waals surface area contributed by atoms with Crippen LogP contribution in [0.2, 0.25) is 0 Å². The number of hydrogen-bond donors (Lipinski definition) is 2. The van der Waals surface area contributed by atoms with Crippen LogP contribution in [0.4, 0.5) is 0 Å². The second kappa shape index (κ2) is 4.28. The smallest absolute Gasteiger partial charge is 0.312 e. The van der Waals surface area contributed by atoms with E-state index in [1.54, 1.807) is 0 Å². The second-order valence-electron chi connectivity index (χ2n) is 6.68. The van der Waals surface area contributed by atoms with Gasteiger partial charge in [-0.2, -0.15) is 0 Å². The van der Waals surface area contributed by atoms with Crippen molar-refractivity contribution in [2.24, 2.45) is 0 Å². The van der Waals surface area contributed by atoms with Crippen LogP contribution >= 0.6 is 0 Å². The van der Waals surface area contributed by atoms with Gasteiger partial charge < -0.3 is 24.4 Å². The van der Waals surface area contributed by atoms with Gasteiger partial charge in [0.05, 0.1) is 16.5 Å². The molecule has 0 saturated carbocycles. The lowest BCUT2D eigenvalue weighted by molar-refractivity contribution is -0.146. The minimum Gasteiger partial charge on any atom is -0.507 e.